The molecule has 1 atom stereocenters. The van der Waals surface area contributed by atoms with Gasteiger partial charge in [-0.1, -0.05) is 22.9 Å². The highest BCUT2D eigenvalue weighted by Gasteiger charge is 2.12. The molecule has 5 heteroatoms. The summed E-state index contributed by atoms with van der Waals surface area (Å²) in [5.74, 6) is -0.0387. The molecule has 0 aromatic carbocycles. The number of nitrogens with zero attached hydrogens (tertiary/aromatic N) is 2. The Bertz CT molecular complexity index is 376. The van der Waals surface area contributed by atoms with Crippen LogP contribution in [0.5, 0.6) is 0 Å². The number of amides is 1. The molecule has 0 radical (unpaired) electrons. The predicted molar refractivity (Wildman–Crippen MR) is 72.6 cm³/mol. The first-order valence-electron chi connectivity index (χ1n) is 6.05. The first-order valence-corrected chi connectivity index (χ1v) is 6.96. The van der Waals surface area contributed by atoms with E-state index in [-0.39, 0.29) is 5.91 Å². The average Bonchev–Trinajstić information content (AvgIpc) is 2.70. The zero-order valence-electron chi connectivity index (χ0n) is 10.7. The number of aromatic nitrogens is 2. The van der Waals surface area contributed by atoms with Crippen molar-refractivity contribution in [2.75, 3.05) is 6.54 Å². The Labute approximate surface area is 111 Å². The maximum absolute atomic E-state index is 11.9. The van der Waals surface area contributed by atoms with Crippen LogP contribution in [0.25, 0.3) is 0 Å². The summed E-state index contributed by atoms with van der Waals surface area (Å²) < 4.78 is 1.73. The lowest BCUT2D eigenvalue weighted by Gasteiger charge is -2.08. The number of hydrogen-bond donors (Lipinski definition) is 1. The number of aryl methyl sites for hydroxylation is 2. The summed E-state index contributed by atoms with van der Waals surface area (Å²) in [6, 6.07) is 1.82. The minimum absolute atomic E-state index is 0.0387. The molecule has 1 aromatic rings. The van der Waals surface area contributed by atoms with Gasteiger partial charge >= 0.3 is 0 Å². The van der Waals surface area contributed by atoms with Crippen LogP contribution in [0.4, 0.5) is 0 Å². The number of carbonyl (C=O) groups is 1. The maximum atomic E-state index is 11.9. The minimum Gasteiger partial charge on any atom is -0.351 e. The molecular weight excluding hydrogens is 282 g/mol. The molecule has 0 saturated heterocycles. The van der Waals surface area contributed by atoms with Crippen LogP contribution < -0.4 is 5.32 Å². The lowest BCUT2D eigenvalue weighted by Crippen LogP contribution is -2.28. The summed E-state index contributed by atoms with van der Waals surface area (Å²) in [4.78, 5) is 12.4. The van der Waals surface area contributed by atoms with Crippen molar-refractivity contribution < 1.29 is 4.79 Å². The number of nitrogens with one attached hydrogen (secondary N) is 1. The Morgan fingerprint density at radius 1 is 1.59 bits per heavy atom. The molecule has 0 bridgehead atoms. The first kappa shape index (κ1) is 14.2. The molecule has 1 rings (SSSR count). The van der Waals surface area contributed by atoms with Crippen molar-refractivity contribution in [1.82, 2.24) is 15.1 Å². The van der Waals surface area contributed by atoms with E-state index < -0.39 is 0 Å². The third-order valence-corrected chi connectivity index (χ3v) is 3.73. The van der Waals surface area contributed by atoms with Crippen molar-refractivity contribution >= 4 is 21.8 Å². The zero-order valence-corrected chi connectivity index (χ0v) is 12.2. The Balaban J connectivity index is 2.52. The molecule has 1 aromatic heterocycles. The summed E-state index contributed by atoms with van der Waals surface area (Å²) in [7, 11) is 0. The molecule has 1 heterocycles. The smallest absolute Gasteiger partial charge is 0.269 e. The molecule has 1 amide bonds. The van der Waals surface area contributed by atoms with E-state index in [1.165, 1.54) is 0 Å². The SMILES string of the molecule is CCC(Br)CCNC(=O)c1cc(C)nn1CC. The second kappa shape index (κ2) is 6.79. The third kappa shape index (κ3) is 4.15. The second-order valence-corrected chi connectivity index (χ2v) is 5.33. The molecule has 17 heavy (non-hydrogen) atoms. The van der Waals surface area contributed by atoms with E-state index >= 15 is 0 Å². The lowest BCUT2D eigenvalue weighted by molar-refractivity contribution is 0.0942. The van der Waals surface area contributed by atoms with Crippen LogP contribution in [0, 0.1) is 6.92 Å². The maximum Gasteiger partial charge on any atom is 0.269 e. The van der Waals surface area contributed by atoms with Crippen molar-refractivity contribution in [1.29, 1.82) is 0 Å². The molecule has 0 aliphatic carbocycles. The monoisotopic (exact) mass is 301 g/mol. The number of halogens is 1. The summed E-state index contributed by atoms with van der Waals surface area (Å²) >= 11 is 3.55. The predicted octanol–water partition coefficient (Wildman–Crippen LogP) is 2.50. The fourth-order valence-corrected chi connectivity index (χ4v) is 1.84. The van der Waals surface area contributed by atoms with E-state index in [0.717, 1.165) is 18.5 Å². The fraction of sp³-hybridized carbons (Fsp3) is 0.667. The van der Waals surface area contributed by atoms with Gasteiger partial charge in [-0.2, -0.15) is 5.10 Å². The Hall–Kier alpha value is -0.840. The van der Waals surface area contributed by atoms with Gasteiger partial charge in [0.1, 0.15) is 5.69 Å². The molecule has 1 unspecified atom stereocenters. The van der Waals surface area contributed by atoms with Crippen LogP contribution in [0.2, 0.25) is 0 Å². The van der Waals surface area contributed by atoms with Gasteiger partial charge in [0.15, 0.2) is 0 Å². The quantitative estimate of drug-likeness (QED) is 0.821. The molecule has 0 aliphatic heterocycles. The largest absolute Gasteiger partial charge is 0.351 e. The molecule has 96 valence electrons. The van der Waals surface area contributed by atoms with E-state index in [2.05, 4.69) is 33.3 Å². The second-order valence-electron chi connectivity index (χ2n) is 4.04. The standard InChI is InChI=1S/C12H20BrN3O/c1-4-10(13)6-7-14-12(17)11-8-9(3)15-16(11)5-2/h8,10H,4-7H2,1-3H3,(H,14,17). The molecule has 1 N–H and O–H groups in total. The van der Waals surface area contributed by atoms with E-state index in [1.807, 2.05) is 19.9 Å². The summed E-state index contributed by atoms with van der Waals surface area (Å²) in [6.07, 6.45) is 2.02. The summed E-state index contributed by atoms with van der Waals surface area (Å²) in [5, 5.41) is 7.18. The van der Waals surface area contributed by atoms with Crippen LogP contribution in [0.15, 0.2) is 6.07 Å². The van der Waals surface area contributed by atoms with Crippen molar-refractivity contribution in [3.63, 3.8) is 0 Å². The van der Waals surface area contributed by atoms with E-state index in [1.54, 1.807) is 4.68 Å². The Kier molecular flexibility index (Phi) is 5.68. The minimum atomic E-state index is -0.0387. The number of hydrogen-bond acceptors (Lipinski definition) is 2. The first-order chi connectivity index (χ1) is 8.08. The molecule has 0 fully saturated rings. The molecule has 0 saturated carbocycles. The van der Waals surface area contributed by atoms with Gasteiger partial charge in [0.2, 0.25) is 0 Å². The Morgan fingerprint density at radius 3 is 2.88 bits per heavy atom. The van der Waals surface area contributed by atoms with Gasteiger partial charge in [-0.3, -0.25) is 9.48 Å². The topological polar surface area (TPSA) is 46.9 Å². The fourth-order valence-electron chi connectivity index (χ4n) is 1.61. The zero-order chi connectivity index (χ0) is 12.8. The van der Waals surface area contributed by atoms with E-state index in [4.69, 9.17) is 0 Å². The molecule has 0 spiro atoms. The highest BCUT2D eigenvalue weighted by atomic mass is 79.9. The summed E-state index contributed by atoms with van der Waals surface area (Å²) in [5.41, 5.74) is 1.52. The van der Waals surface area contributed by atoms with Gasteiger partial charge < -0.3 is 5.32 Å². The number of carbonyl (C=O) groups excluding carboxylic acids is 1. The van der Waals surface area contributed by atoms with Crippen LogP contribution in [0.1, 0.15) is 42.9 Å². The number of rotatable bonds is 6. The van der Waals surface area contributed by atoms with E-state index in [0.29, 0.717) is 23.6 Å². The highest BCUT2D eigenvalue weighted by molar-refractivity contribution is 9.09. The van der Waals surface area contributed by atoms with Crippen LogP contribution in [-0.4, -0.2) is 27.1 Å². The van der Waals surface area contributed by atoms with Crippen molar-refractivity contribution in [3.8, 4) is 0 Å². The highest BCUT2D eigenvalue weighted by Crippen LogP contribution is 2.08. The average molecular weight is 302 g/mol. The van der Waals surface area contributed by atoms with Gasteiger partial charge in [0.05, 0.1) is 5.69 Å². The Morgan fingerprint density at radius 2 is 2.29 bits per heavy atom. The number of alkyl halides is 1. The third-order valence-electron chi connectivity index (χ3n) is 2.62. The summed E-state index contributed by atoms with van der Waals surface area (Å²) in [6.45, 7) is 7.41. The van der Waals surface area contributed by atoms with Gasteiger partial charge in [0, 0.05) is 17.9 Å². The molecular formula is C12H20BrN3O. The van der Waals surface area contributed by atoms with Gasteiger partial charge in [-0.05, 0) is 32.8 Å². The van der Waals surface area contributed by atoms with Crippen molar-refractivity contribution in [2.45, 2.75) is 45.0 Å². The van der Waals surface area contributed by atoms with Crippen LogP contribution >= 0.6 is 15.9 Å². The van der Waals surface area contributed by atoms with Gasteiger partial charge in [-0.15, -0.1) is 0 Å². The van der Waals surface area contributed by atoms with Gasteiger partial charge in [0.25, 0.3) is 5.91 Å². The molecule has 4 nitrogen and oxygen atoms in total. The molecule has 0 aliphatic rings. The van der Waals surface area contributed by atoms with Crippen LogP contribution in [-0.2, 0) is 6.54 Å². The van der Waals surface area contributed by atoms with Crippen LogP contribution in [0.3, 0.4) is 0 Å². The van der Waals surface area contributed by atoms with Crippen molar-refractivity contribution in [3.05, 3.63) is 17.5 Å². The van der Waals surface area contributed by atoms with E-state index in [9.17, 15) is 4.79 Å². The van der Waals surface area contributed by atoms with Gasteiger partial charge in [-0.25, -0.2) is 0 Å². The van der Waals surface area contributed by atoms with Crippen molar-refractivity contribution in [2.24, 2.45) is 0 Å². The lowest BCUT2D eigenvalue weighted by atomic mass is 10.2. The normalized spacial score (nSPS) is 12.5.